The van der Waals surface area contributed by atoms with Gasteiger partial charge in [-0.15, -0.1) is 11.3 Å². The van der Waals surface area contributed by atoms with Gasteiger partial charge >= 0.3 is 11.9 Å². The summed E-state index contributed by atoms with van der Waals surface area (Å²) in [5, 5.41) is 15.9. The van der Waals surface area contributed by atoms with Gasteiger partial charge in [0.05, 0.1) is 12.7 Å². The third-order valence-electron chi connectivity index (χ3n) is 4.21. The number of esters is 1. The van der Waals surface area contributed by atoms with Crippen LogP contribution in [0.3, 0.4) is 0 Å². The molecule has 0 spiro atoms. The molecule has 0 fully saturated rings. The van der Waals surface area contributed by atoms with Gasteiger partial charge in [-0.1, -0.05) is 6.42 Å². The highest BCUT2D eigenvalue weighted by atomic mass is 32.1. The summed E-state index contributed by atoms with van der Waals surface area (Å²) in [4.78, 5) is 36.6. The molecule has 2 heterocycles. The molecule has 1 aliphatic carbocycles. The third kappa shape index (κ3) is 3.77. The molecular weight excluding hydrogens is 358 g/mol. The Hall–Kier alpha value is -2.68. The summed E-state index contributed by atoms with van der Waals surface area (Å²) in [6, 6.07) is 1.44. The van der Waals surface area contributed by atoms with Crippen LogP contribution in [0.1, 0.15) is 50.5 Å². The van der Waals surface area contributed by atoms with Crippen molar-refractivity contribution in [1.82, 2.24) is 9.78 Å². The first-order valence-corrected chi connectivity index (χ1v) is 9.10. The Labute approximate surface area is 153 Å². The lowest BCUT2D eigenvalue weighted by atomic mass is 10.1. The zero-order valence-corrected chi connectivity index (χ0v) is 15.1. The maximum Gasteiger partial charge on any atom is 0.341 e. The lowest BCUT2D eigenvalue weighted by molar-refractivity contribution is -0.137. The molecule has 8 nitrogen and oxygen atoms in total. The van der Waals surface area contributed by atoms with Crippen LogP contribution < -0.4 is 5.32 Å². The van der Waals surface area contributed by atoms with E-state index < -0.39 is 17.8 Å². The van der Waals surface area contributed by atoms with Crippen molar-refractivity contribution in [3.05, 3.63) is 34.0 Å². The molecule has 0 aliphatic heterocycles. The van der Waals surface area contributed by atoms with Crippen molar-refractivity contribution in [3.8, 4) is 0 Å². The highest BCUT2D eigenvalue weighted by Crippen LogP contribution is 2.38. The fraction of sp³-hybridized carbons (Fsp3) is 0.412. The summed E-state index contributed by atoms with van der Waals surface area (Å²) >= 11 is 1.40. The van der Waals surface area contributed by atoms with Gasteiger partial charge in [0.2, 0.25) is 0 Å². The third-order valence-corrected chi connectivity index (χ3v) is 5.42. The molecule has 2 aromatic heterocycles. The van der Waals surface area contributed by atoms with Crippen molar-refractivity contribution in [1.29, 1.82) is 0 Å². The maximum absolute atomic E-state index is 12.5. The zero-order chi connectivity index (χ0) is 18.7. The van der Waals surface area contributed by atoms with E-state index >= 15 is 0 Å². The zero-order valence-electron chi connectivity index (χ0n) is 14.3. The lowest BCUT2D eigenvalue weighted by Gasteiger charge is -2.06. The van der Waals surface area contributed by atoms with Crippen LogP contribution in [0, 0.1) is 0 Å². The molecule has 1 aliphatic rings. The average Bonchev–Trinajstić information content (AvgIpc) is 3.12. The Morgan fingerprint density at radius 2 is 2.08 bits per heavy atom. The Balaban J connectivity index is 1.86. The first kappa shape index (κ1) is 18.1. The SMILES string of the molecule is COC(=O)c1c(NC(=O)c2ccn(CC(=O)O)n2)sc2c1CCCCC2. The van der Waals surface area contributed by atoms with E-state index in [1.165, 1.54) is 35.4 Å². The molecule has 1 amide bonds. The molecule has 0 unspecified atom stereocenters. The van der Waals surface area contributed by atoms with Crippen molar-refractivity contribution in [3.63, 3.8) is 0 Å². The summed E-state index contributed by atoms with van der Waals surface area (Å²) in [5.74, 6) is -2.00. The van der Waals surface area contributed by atoms with E-state index in [9.17, 15) is 14.4 Å². The van der Waals surface area contributed by atoms with Crippen LogP contribution in [-0.4, -0.2) is 39.8 Å². The molecule has 26 heavy (non-hydrogen) atoms. The topological polar surface area (TPSA) is 111 Å². The number of carbonyl (C=O) groups is 3. The Morgan fingerprint density at radius 3 is 2.81 bits per heavy atom. The van der Waals surface area contributed by atoms with Crippen LogP contribution in [-0.2, 0) is 28.9 Å². The van der Waals surface area contributed by atoms with E-state index in [0.29, 0.717) is 10.6 Å². The Bertz CT molecular complexity index is 855. The fourth-order valence-corrected chi connectivity index (χ4v) is 4.30. The standard InChI is InChI=1S/C17H19N3O5S/c1-25-17(24)14-10-5-3-2-4-6-12(10)26-16(14)18-15(23)11-7-8-20(19-11)9-13(21)22/h7-8H,2-6,9H2,1H3,(H,18,23)(H,21,22). The molecular formula is C17H19N3O5S. The first-order valence-electron chi connectivity index (χ1n) is 8.29. The monoisotopic (exact) mass is 377 g/mol. The minimum Gasteiger partial charge on any atom is -0.480 e. The number of hydrogen-bond acceptors (Lipinski definition) is 6. The fourth-order valence-electron chi connectivity index (χ4n) is 3.03. The van der Waals surface area contributed by atoms with Crippen LogP contribution in [0.2, 0.25) is 0 Å². The van der Waals surface area contributed by atoms with Gasteiger partial charge in [-0.3, -0.25) is 14.3 Å². The van der Waals surface area contributed by atoms with Crippen LogP contribution >= 0.6 is 11.3 Å². The second-order valence-electron chi connectivity index (χ2n) is 6.01. The molecule has 0 aromatic carbocycles. The number of methoxy groups -OCH3 is 1. The van der Waals surface area contributed by atoms with Crippen LogP contribution in [0.15, 0.2) is 12.3 Å². The van der Waals surface area contributed by atoms with Gasteiger partial charge in [0.25, 0.3) is 5.91 Å². The van der Waals surface area contributed by atoms with Crippen molar-refractivity contribution >= 4 is 34.2 Å². The lowest BCUT2D eigenvalue weighted by Crippen LogP contribution is -2.16. The van der Waals surface area contributed by atoms with Gasteiger partial charge in [0.1, 0.15) is 11.5 Å². The smallest absolute Gasteiger partial charge is 0.341 e. The minimum absolute atomic E-state index is 0.0886. The number of carbonyl (C=O) groups excluding carboxylic acids is 2. The molecule has 138 valence electrons. The minimum atomic E-state index is -1.05. The quantitative estimate of drug-likeness (QED) is 0.611. The number of carboxylic acid groups (broad SMARTS) is 1. The number of ether oxygens (including phenoxy) is 1. The number of fused-ring (bicyclic) bond motifs is 1. The molecule has 2 N–H and O–H groups in total. The Morgan fingerprint density at radius 1 is 1.31 bits per heavy atom. The molecule has 2 aromatic rings. The van der Waals surface area contributed by atoms with Crippen LogP contribution in [0.5, 0.6) is 0 Å². The van der Waals surface area contributed by atoms with Gasteiger partial charge < -0.3 is 15.2 Å². The van der Waals surface area contributed by atoms with Crippen molar-refractivity contribution < 1.29 is 24.2 Å². The molecule has 9 heteroatoms. The summed E-state index contributed by atoms with van der Waals surface area (Å²) in [6.07, 6.45) is 6.27. The summed E-state index contributed by atoms with van der Waals surface area (Å²) < 4.78 is 6.08. The number of rotatable bonds is 5. The molecule has 0 bridgehead atoms. The van der Waals surface area contributed by atoms with E-state index in [1.807, 2.05) is 0 Å². The first-order chi connectivity index (χ1) is 12.5. The highest BCUT2D eigenvalue weighted by Gasteiger charge is 2.26. The number of thiophene rings is 1. The largest absolute Gasteiger partial charge is 0.480 e. The number of aryl methyl sites for hydroxylation is 1. The van der Waals surface area contributed by atoms with Gasteiger partial charge in [-0.2, -0.15) is 5.10 Å². The number of carboxylic acids is 1. The number of hydrogen-bond donors (Lipinski definition) is 2. The predicted molar refractivity (Wildman–Crippen MR) is 94.7 cm³/mol. The van der Waals surface area contributed by atoms with E-state index in [-0.39, 0.29) is 12.2 Å². The molecule has 0 saturated carbocycles. The second-order valence-corrected chi connectivity index (χ2v) is 7.11. The number of nitrogens with one attached hydrogen (secondary N) is 1. The van der Waals surface area contributed by atoms with Gasteiger partial charge in [-0.25, -0.2) is 4.79 Å². The maximum atomic E-state index is 12.5. The van der Waals surface area contributed by atoms with Gasteiger partial charge in [-0.05, 0) is 37.3 Å². The predicted octanol–water partition coefficient (Wildman–Crippen LogP) is 2.34. The summed E-state index contributed by atoms with van der Waals surface area (Å²) in [6.45, 7) is -0.325. The normalized spacial score (nSPS) is 13.6. The number of amides is 1. The van der Waals surface area contributed by atoms with Crippen molar-refractivity contribution in [2.24, 2.45) is 0 Å². The number of aliphatic carboxylic acids is 1. The number of anilines is 1. The summed E-state index contributed by atoms with van der Waals surface area (Å²) in [5.41, 5.74) is 1.48. The van der Waals surface area contributed by atoms with Crippen molar-refractivity contribution in [2.45, 2.75) is 38.6 Å². The number of aromatic nitrogens is 2. The van der Waals surface area contributed by atoms with E-state index in [2.05, 4.69) is 10.4 Å². The van der Waals surface area contributed by atoms with Crippen LogP contribution in [0.4, 0.5) is 5.00 Å². The molecule has 3 rings (SSSR count). The van der Waals surface area contributed by atoms with Gasteiger partial charge in [0, 0.05) is 11.1 Å². The van der Waals surface area contributed by atoms with E-state index in [4.69, 9.17) is 9.84 Å². The molecule has 0 radical (unpaired) electrons. The highest BCUT2D eigenvalue weighted by molar-refractivity contribution is 7.17. The van der Waals surface area contributed by atoms with E-state index in [1.54, 1.807) is 0 Å². The second kappa shape index (κ2) is 7.69. The average molecular weight is 377 g/mol. The van der Waals surface area contributed by atoms with E-state index in [0.717, 1.165) is 42.5 Å². The van der Waals surface area contributed by atoms with Crippen LogP contribution in [0.25, 0.3) is 0 Å². The summed E-state index contributed by atoms with van der Waals surface area (Å²) in [7, 11) is 1.32. The van der Waals surface area contributed by atoms with Gasteiger partial charge in [0.15, 0.2) is 5.69 Å². The molecule has 0 atom stereocenters. The number of nitrogens with zero attached hydrogens (tertiary/aromatic N) is 2. The molecule has 0 saturated heterocycles. The Kier molecular flexibility index (Phi) is 5.36. The van der Waals surface area contributed by atoms with Crippen molar-refractivity contribution in [2.75, 3.05) is 12.4 Å².